The van der Waals surface area contributed by atoms with Crippen LogP contribution < -0.4 is 11.1 Å². The van der Waals surface area contributed by atoms with Gasteiger partial charge in [0.2, 0.25) is 5.95 Å². The lowest BCUT2D eigenvalue weighted by molar-refractivity contribution is 0.626. The first-order valence-electron chi connectivity index (χ1n) is 7.82. The first-order valence-corrected chi connectivity index (χ1v) is 7.82. The molecule has 0 saturated heterocycles. The summed E-state index contributed by atoms with van der Waals surface area (Å²) in [4.78, 5) is 13.2. The molecular formula is C17H14N8. The molecule has 1 aliphatic heterocycles. The Balaban J connectivity index is 1.63. The van der Waals surface area contributed by atoms with Crippen molar-refractivity contribution in [3.63, 3.8) is 0 Å². The predicted molar refractivity (Wildman–Crippen MR) is 94.5 cm³/mol. The third kappa shape index (κ3) is 2.15. The zero-order chi connectivity index (χ0) is 16.8. The number of rotatable bonds is 2. The highest BCUT2D eigenvalue weighted by atomic mass is 15.4. The van der Waals surface area contributed by atoms with E-state index in [4.69, 9.17) is 5.73 Å². The smallest absolute Gasteiger partial charge is 0.212 e. The topological polar surface area (TPSA) is 98.9 Å². The Morgan fingerprint density at radius 2 is 1.88 bits per heavy atom. The van der Waals surface area contributed by atoms with Gasteiger partial charge in [-0.25, -0.2) is 19.6 Å². The van der Waals surface area contributed by atoms with Crippen LogP contribution in [0.25, 0.3) is 16.7 Å². The molecule has 0 amide bonds. The van der Waals surface area contributed by atoms with E-state index in [0.717, 1.165) is 22.3 Å². The minimum absolute atomic E-state index is 0.270. The maximum absolute atomic E-state index is 5.97. The fraction of sp³-hybridized carbons (Fsp3) is 0.0588. The van der Waals surface area contributed by atoms with Gasteiger partial charge in [-0.2, -0.15) is 5.10 Å². The van der Waals surface area contributed by atoms with Crippen molar-refractivity contribution in [2.45, 2.75) is 6.17 Å². The second-order valence-electron chi connectivity index (χ2n) is 5.74. The summed E-state index contributed by atoms with van der Waals surface area (Å²) >= 11 is 0. The number of benzene rings is 2. The average molecular weight is 330 g/mol. The Bertz CT molecular complexity index is 1080. The van der Waals surface area contributed by atoms with Crippen LogP contribution in [0.1, 0.15) is 11.7 Å². The van der Waals surface area contributed by atoms with Crippen molar-refractivity contribution in [1.82, 2.24) is 24.3 Å². The molecule has 1 unspecified atom stereocenters. The van der Waals surface area contributed by atoms with Crippen molar-refractivity contribution in [3.05, 3.63) is 66.7 Å². The standard InChI is InChI=1S/C17H14N8/c18-16-22-15(11-5-7-12(8-6-11)24-10-19-9-20-24)25-14-4-2-1-3-13(14)21-17(25)23-16/h1-10,15H,(H3,18,21,22,23). The van der Waals surface area contributed by atoms with Crippen LogP contribution in [0.5, 0.6) is 0 Å². The second kappa shape index (κ2) is 5.17. The van der Waals surface area contributed by atoms with Gasteiger partial charge in [-0.05, 0) is 29.8 Å². The number of anilines is 1. The van der Waals surface area contributed by atoms with E-state index in [2.05, 4.69) is 29.9 Å². The van der Waals surface area contributed by atoms with E-state index in [1.807, 2.05) is 48.5 Å². The molecule has 0 radical (unpaired) electrons. The van der Waals surface area contributed by atoms with Crippen LogP contribution in [0.2, 0.25) is 0 Å². The Hall–Kier alpha value is -3.68. The number of nitrogens with zero attached hydrogens (tertiary/aromatic N) is 6. The normalized spacial score (nSPS) is 16.3. The van der Waals surface area contributed by atoms with Gasteiger partial charge < -0.3 is 5.73 Å². The maximum Gasteiger partial charge on any atom is 0.212 e. The van der Waals surface area contributed by atoms with Gasteiger partial charge in [0.25, 0.3) is 0 Å². The van der Waals surface area contributed by atoms with Crippen molar-refractivity contribution in [2.24, 2.45) is 10.7 Å². The summed E-state index contributed by atoms with van der Waals surface area (Å²) in [6.07, 6.45) is 2.90. The molecule has 4 aromatic rings. The molecule has 0 spiro atoms. The molecule has 5 rings (SSSR count). The molecule has 0 saturated carbocycles. The van der Waals surface area contributed by atoms with Crippen molar-refractivity contribution < 1.29 is 0 Å². The molecule has 3 heterocycles. The summed E-state index contributed by atoms with van der Waals surface area (Å²) in [6, 6.07) is 16.0. The molecule has 0 bridgehead atoms. The Kier molecular flexibility index (Phi) is 2.84. The highest BCUT2D eigenvalue weighted by molar-refractivity contribution is 5.94. The molecule has 8 nitrogen and oxygen atoms in total. The summed E-state index contributed by atoms with van der Waals surface area (Å²) in [5, 5.41) is 7.18. The molecule has 1 atom stereocenters. The van der Waals surface area contributed by atoms with Gasteiger partial charge in [0, 0.05) is 0 Å². The zero-order valence-electron chi connectivity index (χ0n) is 13.1. The van der Waals surface area contributed by atoms with Crippen LogP contribution in [0.15, 0.2) is 66.2 Å². The van der Waals surface area contributed by atoms with E-state index in [9.17, 15) is 0 Å². The summed E-state index contributed by atoms with van der Waals surface area (Å²) in [6.45, 7) is 0. The van der Waals surface area contributed by atoms with Crippen LogP contribution >= 0.6 is 0 Å². The predicted octanol–water partition coefficient (Wildman–Crippen LogP) is 1.90. The number of imidazole rings is 1. The van der Waals surface area contributed by atoms with Crippen LogP contribution in [0.3, 0.4) is 0 Å². The van der Waals surface area contributed by atoms with Gasteiger partial charge in [0.15, 0.2) is 12.1 Å². The number of nitrogens with one attached hydrogen (secondary N) is 1. The fourth-order valence-electron chi connectivity index (χ4n) is 3.08. The summed E-state index contributed by atoms with van der Waals surface area (Å²) in [5.74, 6) is 1.05. The highest BCUT2D eigenvalue weighted by Crippen LogP contribution is 2.32. The number of hydrogen-bond donors (Lipinski definition) is 2. The monoisotopic (exact) mass is 330 g/mol. The molecule has 8 heteroatoms. The maximum atomic E-state index is 5.97. The average Bonchev–Trinajstić information content (AvgIpc) is 3.28. The molecule has 0 fully saturated rings. The Morgan fingerprint density at radius 1 is 1.04 bits per heavy atom. The van der Waals surface area contributed by atoms with E-state index in [1.54, 1.807) is 11.0 Å². The molecule has 2 aromatic carbocycles. The summed E-state index contributed by atoms with van der Waals surface area (Å²) < 4.78 is 3.76. The molecule has 122 valence electrons. The lowest BCUT2D eigenvalue weighted by atomic mass is 10.1. The first-order chi connectivity index (χ1) is 12.3. The molecular weight excluding hydrogens is 316 g/mol. The lowest BCUT2D eigenvalue weighted by Gasteiger charge is -2.24. The van der Waals surface area contributed by atoms with E-state index >= 15 is 0 Å². The Labute approximate surface area is 142 Å². The van der Waals surface area contributed by atoms with Gasteiger partial charge in [0.1, 0.15) is 12.7 Å². The van der Waals surface area contributed by atoms with Crippen molar-refractivity contribution in [3.8, 4) is 5.69 Å². The van der Waals surface area contributed by atoms with E-state index in [1.165, 1.54) is 6.33 Å². The number of fused-ring (bicyclic) bond motifs is 3. The molecule has 1 aliphatic rings. The minimum Gasteiger partial charge on any atom is -0.370 e. The van der Waals surface area contributed by atoms with Crippen molar-refractivity contribution in [2.75, 3.05) is 5.32 Å². The van der Waals surface area contributed by atoms with Gasteiger partial charge >= 0.3 is 0 Å². The van der Waals surface area contributed by atoms with Crippen molar-refractivity contribution >= 4 is 22.9 Å². The lowest BCUT2D eigenvalue weighted by Crippen LogP contribution is -2.31. The first kappa shape index (κ1) is 13.7. The molecule has 3 N–H and O–H groups in total. The van der Waals surface area contributed by atoms with Crippen molar-refractivity contribution in [1.29, 1.82) is 0 Å². The SMILES string of the molecule is NC1=NC(c2ccc(-n3cncn3)cc2)n2c(nc3ccccc32)N1. The second-order valence-corrected chi connectivity index (χ2v) is 5.74. The third-order valence-electron chi connectivity index (χ3n) is 4.22. The van der Waals surface area contributed by atoms with Crippen LogP contribution in [0.4, 0.5) is 5.95 Å². The quantitative estimate of drug-likeness (QED) is 0.585. The molecule has 0 aliphatic carbocycles. The minimum atomic E-state index is -0.270. The number of para-hydroxylation sites is 2. The van der Waals surface area contributed by atoms with Gasteiger partial charge in [-0.3, -0.25) is 9.88 Å². The van der Waals surface area contributed by atoms with E-state index < -0.39 is 0 Å². The number of guanidine groups is 1. The van der Waals surface area contributed by atoms with E-state index in [-0.39, 0.29) is 6.17 Å². The zero-order valence-corrected chi connectivity index (χ0v) is 13.1. The summed E-state index contributed by atoms with van der Waals surface area (Å²) in [7, 11) is 0. The van der Waals surface area contributed by atoms with Crippen LogP contribution in [-0.2, 0) is 0 Å². The number of hydrogen-bond acceptors (Lipinski definition) is 6. The Morgan fingerprint density at radius 3 is 2.68 bits per heavy atom. The number of aliphatic imine (C=N–C) groups is 1. The van der Waals surface area contributed by atoms with Gasteiger partial charge in [0.05, 0.1) is 16.7 Å². The molecule has 2 aromatic heterocycles. The van der Waals surface area contributed by atoms with Gasteiger partial charge in [-0.15, -0.1) is 0 Å². The number of aromatic nitrogens is 5. The van der Waals surface area contributed by atoms with E-state index in [0.29, 0.717) is 11.9 Å². The fourth-order valence-corrected chi connectivity index (χ4v) is 3.08. The largest absolute Gasteiger partial charge is 0.370 e. The number of nitrogens with two attached hydrogens (primary N) is 1. The van der Waals surface area contributed by atoms with Crippen LogP contribution in [0, 0.1) is 0 Å². The van der Waals surface area contributed by atoms with Crippen LogP contribution in [-0.4, -0.2) is 30.3 Å². The molecule has 25 heavy (non-hydrogen) atoms. The summed E-state index contributed by atoms with van der Waals surface area (Å²) in [5.41, 5.74) is 9.82. The highest BCUT2D eigenvalue weighted by Gasteiger charge is 2.24. The van der Waals surface area contributed by atoms with Gasteiger partial charge in [-0.1, -0.05) is 24.3 Å². The third-order valence-corrected chi connectivity index (χ3v) is 4.22.